The van der Waals surface area contributed by atoms with Gasteiger partial charge in [0.25, 0.3) is 0 Å². The van der Waals surface area contributed by atoms with Gasteiger partial charge in [0.05, 0.1) is 26.9 Å². The SMILES string of the molecule is COc1ccc(CCNCC(=O)[C@@]2(O)CC[C@H]3[C@@H]4C[C@H](C)C5=CC(=O)C=C[C@]5(C)[C@H]4[C@@H](O)C[C@@]32C)cc1OC.Cl. The molecule has 0 saturated heterocycles. The molecule has 40 heavy (non-hydrogen) atoms. The van der Waals surface area contributed by atoms with Crippen molar-refractivity contribution in [3.63, 3.8) is 0 Å². The van der Waals surface area contributed by atoms with Crippen molar-refractivity contribution in [1.82, 2.24) is 5.32 Å². The number of rotatable bonds is 8. The van der Waals surface area contributed by atoms with E-state index in [1.54, 1.807) is 26.4 Å². The topological polar surface area (TPSA) is 105 Å². The average Bonchev–Trinajstić information content (AvgIpc) is 3.18. The number of Topliss-reactive ketones (excluding diaryl/α,β-unsaturated/α-hetero) is 1. The van der Waals surface area contributed by atoms with Crippen LogP contribution in [0.25, 0.3) is 0 Å². The van der Waals surface area contributed by atoms with Crippen LogP contribution < -0.4 is 14.8 Å². The summed E-state index contributed by atoms with van der Waals surface area (Å²) in [7, 11) is 3.21. The molecule has 3 N–H and O–H groups in total. The Morgan fingerprint density at radius 3 is 2.60 bits per heavy atom. The number of hydrogen-bond donors (Lipinski definition) is 3. The van der Waals surface area contributed by atoms with Crippen molar-refractivity contribution in [2.75, 3.05) is 27.3 Å². The molecule has 0 aromatic heterocycles. The van der Waals surface area contributed by atoms with Crippen LogP contribution in [0.1, 0.15) is 52.0 Å². The van der Waals surface area contributed by atoms with Crippen LogP contribution in [-0.2, 0) is 16.0 Å². The average molecular weight is 574 g/mol. The molecule has 0 aliphatic heterocycles. The summed E-state index contributed by atoms with van der Waals surface area (Å²) in [4.78, 5) is 25.8. The zero-order chi connectivity index (χ0) is 28.2. The fraction of sp³-hybridized carbons (Fsp3) is 0.625. The van der Waals surface area contributed by atoms with E-state index in [2.05, 4.69) is 19.2 Å². The maximum Gasteiger partial charge on any atom is 0.178 e. The number of ketones is 2. The number of benzene rings is 1. The van der Waals surface area contributed by atoms with E-state index in [9.17, 15) is 19.8 Å². The molecular weight excluding hydrogens is 530 g/mol. The second kappa shape index (κ2) is 11.2. The first-order valence-corrected chi connectivity index (χ1v) is 14.3. The number of carbonyl (C=O) groups excluding carboxylic acids is 2. The molecule has 0 amide bonds. The lowest BCUT2D eigenvalue weighted by Crippen LogP contribution is -2.62. The number of fused-ring (bicyclic) bond motifs is 5. The zero-order valence-corrected chi connectivity index (χ0v) is 25.1. The van der Waals surface area contributed by atoms with Crippen LogP contribution >= 0.6 is 12.4 Å². The van der Waals surface area contributed by atoms with Gasteiger partial charge >= 0.3 is 0 Å². The molecule has 5 rings (SSSR count). The minimum Gasteiger partial charge on any atom is -0.493 e. The smallest absolute Gasteiger partial charge is 0.178 e. The Bertz CT molecular complexity index is 1210. The fourth-order valence-corrected chi connectivity index (χ4v) is 8.83. The van der Waals surface area contributed by atoms with Crippen LogP contribution in [0.4, 0.5) is 0 Å². The number of allylic oxidation sites excluding steroid dienone is 4. The zero-order valence-electron chi connectivity index (χ0n) is 24.2. The van der Waals surface area contributed by atoms with Gasteiger partial charge in [-0.2, -0.15) is 0 Å². The second-order valence-electron chi connectivity index (χ2n) is 12.7. The summed E-state index contributed by atoms with van der Waals surface area (Å²) in [6, 6.07) is 5.78. The second-order valence-corrected chi connectivity index (χ2v) is 12.7. The Morgan fingerprint density at radius 1 is 1.18 bits per heavy atom. The molecule has 0 bridgehead atoms. The molecule has 1 aromatic carbocycles. The molecule has 8 atom stereocenters. The molecule has 0 radical (unpaired) electrons. The lowest BCUT2D eigenvalue weighted by molar-refractivity contribution is -0.177. The van der Waals surface area contributed by atoms with E-state index < -0.39 is 17.1 Å². The van der Waals surface area contributed by atoms with Crippen molar-refractivity contribution >= 4 is 24.0 Å². The number of halogens is 1. The Labute approximate surface area is 243 Å². The van der Waals surface area contributed by atoms with Crippen molar-refractivity contribution in [2.45, 2.75) is 64.6 Å². The summed E-state index contributed by atoms with van der Waals surface area (Å²) in [6.07, 6.45) is 7.88. The molecule has 220 valence electrons. The summed E-state index contributed by atoms with van der Waals surface area (Å²) in [5.41, 5.74) is -0.373. The normalized spacial score (nSPS) is 37.9. The lowest BCUT2D eigenvalue weighted by atomic mass is 9.45. The summed E-state index contributed by atoms with van der Waals surface area (Å²) < 4.78 is 10.7. The highest BCUT2D eigenvalue weighted by atomic mass is 35.5. The molecule has 0 unspecified atom stereocenters. The highest BCUT2D eigenvalue weighted by Gasteiger charge is 2.68. The molecule has 4 aliphatic rings. The van der Waals surface area contributed by atoms with Gasteiger partial charge in [-0.25, -0.2) is 0 Å². The monoisotopic (exact) mass is 573 g/mol. The predicted molar refractivity (Wildman–Crippen MR) is 156 cm³/mol. The first-order valence-electron chi connectivity index (χ1n) is 14.3. The Morgan fingerprint density at radius 2 is 1.90 bits per heavy atom. The van der Waals surface area contributed by atoms with E-state index in [4.69, 9.17) is 9.47 Å². The summed E-state index contributed by atoms with van der Waals surface area (Å²) in [5.74, 6) is 1.66. The molecule has 3 saturated carbocycles. The van der Waals surface area contributed by atoms with Gasteiger partial charge in [-0.15, -0.1) is 12.4 Å². The third-order valence-corrected chi connectivity index (χ3v) is 10.8. The van der Waals surface area contributed by atoms with Crippen LogP contribution in [0.15, 0.2) is 42.0 Å². The lowest BCUT2D eigenvalue weighted by Gasteiger charge is -2.60. The molecule has 1 aromatic rings. The summed E-state index contributed by atoms with van der Waals surface area (Å²) in [5, 5.41) is 26.8. The van der Waals surface area contributed by atoms with Crippen molar-refractivity contribution in [3.05, 3.63) is 47.6 Å². The number of aliphatic hydroxyl groups is 2. The van der Waals surface area contributed by atoms with Gasteiger partial charge in [-0.3, -0.25) is 9.59 Å². The van der Waals surface area contributed by atoms with Crippen molar-refractivity contribution in [2.24, 2.45) is 34.5 Å². The van der Waals surface area contributed by atoms with Crippen LogP contribution in [0.3, 0.4) is 0 Å². The maximum atomic E-state index is 13.6. The Balaban J connectivity index is 0.00000370. The van der Waals surface area contributed by atoms with Crippen molar-refractivity contribution in [1.29, 1.82) is 0 Å². The van der Waals surface area contributed by atoms with Gasteiger partial charge in [0.15, 0.2) is 23.1 Å². The molecule has 8 heteroatoms. The number of ether oxygens (including phenoxy) is 2. The predicted octanol–water partition coefficient (Wildman–Crippen LogP) is 4.08. The van der Waals surface area contributed by atoms with E-state index in [1.165, 1.54) is 0 Å². The van der Waals surface area contributed by atoms with E-state index >= 15 is 0 Å². The number of carbonyl (C=O) groups is 2. The fourth-order valence-electron chi connectivity index (χ4n) is 8.83. The largest absolute Gasteiger partial charge is 0.493 e. The van der Waals surface area contributed by atoms with Crippen LogP contribution in [0, 0.1) is 34.5 Å². The third kappa shape index (κ3) is 4.73. The van der Waals surface area contributed by atoms with E-state index in [-0.39, 0.29) is 59.6 Å². The van der Waals surface area contributed by atoms with Crippen LogP contribution in [-0.4, -0.2) is 60.8 Å². The van der Waals surface area contributed by atoms with Crippen molar-refractivity contribution in [3.8, 4) is 11.5 Å². The minimum absolute atomic E-state index is 0. The van der Waals surface area contributed by atoms with Crippen LogP contribution in [0.5, 0.6) is 11.5 Å². The summed E-state index contributed by atoms with van der Waals surface area (Å²) >= 11 is 0. The van der Waals surface area contributed by atoms with Crippen LogP contribution in [0.2, 0.25) is 0 Å². The number of aliphatic hydroxyl groups excluding tert-OH is 1. The van der Waals surface area contributed by atoms with E-state index in [0.29, 0.717) is 37.3 Å². The van der Waals surface area contributed by atoms with Gasteiger partial charge < -0.3 is 25.0 Å². The van der Waals surface area contributed by atoms with Crippen molar-refractivity contribution < 1.29 is 29.3 Å². The number of hydrogen-bond acceptors (Lipinski definition) is 7. The minimum atomic E-state index is -1.47. The number of nitrogens with one attached hydrogen (secondary N) is 1. The highest BCUT2D eigenvalue weighted by Crippen LogP contribution is 2.67. The van der Waals surface area contributed by atoms with Gasteiger partial charge in [-0.1, -0.05) is 38.5 Å². The molecule has 4 aliphatic carbocycles. The molecule has 0 heterocycles. The standard InChI is InChI=1S/C32H43NO6.ClH/c1-19-14-22-23-9-12-32(37,28(36)18-33-13-10-20-6-7-26(38-4)27(15-20)39-5)31(23,3)17-25(35)29(22)30(2)11-8-21(34)16-24(19)30;/h6-8,11,15-16,19,22-23,25,29,33,35,37H,9-10,12-14,17-18H2,1-5H3;1H/t19-,22-,23-,25-,29+,30-,31-,32-;/m0./s1. The van der Waals surface area contributed by atoms with E-state index in [1.807, 2.05) is 31.2 Å². The highest BCUT2D eigenvalue weighted by molar-refractivity contribution is 6.01. The molecule has 0 spiro atoms. The van der Waals surface area contributed by atoms with Gasteiger partial charge in [0.1, 0.15) is 5.60 Å². The van der Waals surface area contributed by atoms with Gasteiger partial charge in [0.2, 0.25) is 0 Å². The summed E-state index contributed by atoms with van der Waals surface area (Å²) in [6.45, 7) is 7.00. The first-order chi connectivity index (χ1) is 18.5. The molecule has 3 fully saturated rings. The van der Waals surface area contributed by atoms with E-state index in [0.717, 1.165) is 24.0 Å². The molecule has 7 nitrogen and oxygen atoms in total. The quantitative estimate of drug-likeness (QED) is 0.402. The molecular formula is C32H44ClNO6. The number of methoxy groups -OCH3 is 2. The third-order valence-electron chi connectivity index (χ3n) is 10.8. The Hall–Kier alpha value is -2.19. The van der Waals surface area contributed by atoms with Gasteiger partial charge in [0, 0.05) is 16.7 Å². The Kier molecular flexibility index (Phi) is 8.64. The van der Waals surface area contributed by atoms with Gasteiger partial charge in [-0.05, 0) is 86.3 Å². The first kappa shape index (κ1) is 30.8. The maximum absolute atomic E-state index is 13.6.